The molecule has 1 aliphatic carbocycles. The molecule has 5 nitrogen and oxygen atoms in total. The quantitative estimate of drug-likeness (QED) is 0.619. The van der Waals surface area contributed by atoms with Gasteiger partial charge in [0.25, 0.3) is 0 Å². The minimum atomic E-state index is -0.264. The summed E-state index contributed by atoms with van der Waals surface area (Å²) in [7, 11) is 5.34. The molecule has 0 bridgehead atoms. The lowest BCUT2D eigenvalue weighted by Gasteiger charge is -2.41. The second-order valence-electron chi connectivity index (χ2n) is 6.45. The molecule has 122 valence electrons. The van der Waals surface area contributed by atoms with Crippen molar-refractivity contribution in [1.29, 1.82) is 0 Å². The Labute approximate surface area is 135 Å². The molecule has 1 aromatic rings. The van der Waals surface area contributed by atoms with Crippen LogP contribution in [0.25, 0.3) is 0 Å². The first kappa shape index (κ1) is 14.6. The Morgan fingerprint density at radius 3 is 2.70 bits per heavy atom. The highest BCUT2D eigenvalue weighted by Gasteiger charge is 2.47. The number of likely N-dealkylation sites (tertiary alicyclic amines) is 1. The molecule has 1 fully saturated rings. The lowest BCUT2D eigenvalue weighted by Crippen LogP contribution is -2.45. The van der Waals surface area contributed by atoms with Crippen molar-refractivity contribution >= 4 is 5.97 Å². The molecule has 5 heteroatoms. The van der Waals surface area contributed by atoms with Crippen LogP contribution in [0.15, 0.2) is 23.8 Å². The molecule has 2 heterocycles. The van der Waals surface area contributed by atoms with Crippen LogP contribution in [0, 0.1) is 0 Å². The van der Waals surface area contributed by atoms with Crippen LogP contribution in [0.1, 0.15) is 34.7 Å². The van der Waals surface area contributed by atoms with Crippen molar-refractivity contribution in [3.8, 4) is 11.5 Å². The first-order valence-electron chi connectivity index (χ1n) is 8.00. The summed E-state index contributed by atoms with van der Waals surface area (Å²) < 4.78 is 16.5. The number of hydrogen-bond donors (Lipinski definition) is 0. The third kappa shape index (κ3) is 2.06. The number of benzene rings is 1. The van der Waals surface area contributed by atoms with E-state index in [1.54, 1.807) is 20.3 Å². The first-order chi connectivity index (χ1) is 11.1. The molecule has 2 aliphatic heterocycles. The van der Waals surface area contributed by atoms with Crippen molar-refractivity contribution in [2.75, 3.05) is 27.8 Å². The number of carbonyl (C=O) groups is 1. The minimum absolute atomic E-state index is 0.0950. The summed E-state index contributed by atoms with van der Waals surface area (Å²) in [6.07, 6.45) is 4.06. The van der Waals surface area contributed by atoms with Crippen molar-refractivity contribution < 1.29 is 19.0 Å². The van der Waals surface area contributed by atoms with Gasteiger partial charge in [-0.1, -0.05) is 11.6 Å². The zero-order valence-electron chi connectivity index (χ0n) is 13.7. The summed E-state index contributed by atoms with van der Waals surface area (Å²) in [4.78, 5) is 14.8. The molecular formula is C18H21NO4. The highest BCUT2D eigenvalue weighted by Crippen LogP contribution is 2.47. The predicted octanol–water partition coefficient (Wildman–Crippen LogP) is 2.36. The molecule has 1 aromatic carbocycles. The van der Waals surface area contributed by atoms with Gasteiger partial charge in [-0.05, 0) is 31.2 Å². The number of hydrogen-bond acceptors (Lipinski definition) is 5. The van der Waals surface area contributed by atoms with Gasteiger partial charge in [-0.3, -0.25) is 4.90 Å². The van der Waals surface area contributed by atoms with E-state index in [1.807, 2.05) is 6.07 Å². The van der Waals surface area contributed by atoms with Crippen molar-refractivity contribution in [2.45, 2.75) is 30.9 Å². The summed E-state index contributed by atoms with van der Waals surface area (Å²) >= 11 is 0. The van der Waals surface area contributed by atoms with Crippen molar-refractivity contribution in [3.05, 3.63) is 34.9 Å². The van der Waals surface area contributed by atoms with Crippen molar-refractivity contribution in [2.24, 2.45) is 0 Å². The average molecular weight is 315 g/mol. The van der Waals surface area contributed by atoms with Crippen LogP contribution in [0.3, 0.4) is 0 Å². The lowest BCUT2D eigenvalue weighted by atomic mass is 9.75. The third-order valence-corrected chi connectivity index (χ3v) is 5.35. The van der Waals surface area contributed by atoms with Gasteiger partial charge >= 0.3 is 5.97 Å². The highest BCUT2D eigenvalue weighted by atomic mass is 16.5. The maximum Gasteiger partial charge on any atom is 0.338 e. The van der Waals surface area contributed by atoms with Crippen LogP contribution in [0.4, 0.5) is 0 Å². The number of methoxy groups -OCH3 is 2. The Bertz CT molecular complexity index is 697. The maximum atomic E-state index is 12.4. The second-order valence-corrected chi connectivity index (χ2v) is 6.45. The Morgan fingerprint density at radius 1 is 1.22 bits per heavy atom. The van der Waals surface area contributed by atoms with Gasteiger partial charge in [0.1, 0.15) is 6.10 Å². The molecule has 4 rings (SSSR count). The molecule has 0 N–H and O–H groups in total. The van der Waals surface area contributed by atoms with Gasteiger partial charge in [-0.15, -0.1) is 0 Å². The molecule has 1 saturated heterocycles. The van der Waals surface area contributed by atoms with E-state index in [0.29, 0.717) is 23.1 Å². The number of ether oxygens (including phenoxy) is 3. The van der Waals surface area contributed by atoms with E-state index >= 15 is 0 Å². The zero-order valence-corrected chi connectivity index (χ0v) is 13.7. The summed E-state index contributed by atoms with van der Waals surface area (Å²) in [6.45, 7) is 1.05. The lowest BCUT2D eigenvalue weighted by molar-refractivity contribution is 0.00907. The molecule has 0 saturated carbocycles. The van der Waals surface area contributed by atoms with Gasteiger partial charge in [0.15, 0.2) is 11.5 Å². The number of nitrogens with zero attached hydrogens (tertiary/aromatic N) is 1. The van der Waals surface area contributed by atoms with Crippen LogP contribution in [-0.2, 0) is 4.74 Å². The number of likely N-dealkylation sites (N-methyl/N-ethyl adjacent to an activating group) is 1. The molecule has 23 heavy (non-hydrogen) atoms. The summed E-state index contributed by atoms with van der Waals surface area (Å²) in [5, 5.41) is 0. The predicted molar refractivity (Wildman–Crippen MR) is 85.2 cm³/mol. The summed E-state index contributed by atoms with van der Waals surface area (Å²) in [5.41, 5.74) is 3.09. The van der Waals surface area contributed by atoms with Gasteiger partial charge in [0.05, 0.1) is 19.8 Å². The SMILES string of the molecule is COc1cc2c(cc1OC)[C@@H]1[C@H](CC=C3CCN(C)[C@H]31)OC2=O. The molecular weight excluding hydrogens is 294 g/mol. The van der Waals surface area contributed by atoms with E-state index < -0.39 is 0 Å². The smallest absolute Gasteiger partial charge is 0.338 e. The average Bonchev–Trinajstić information content (AvgIpc) is 2.95. The zero-order chi connectivity index (χ0) is 16.1. The normalized spacial score (nSPS) is 29.1. The van der Waals surface area contributed by atoms with E-state index in [9.17, 15) is 4.79 Å². The first-order valence-corrected chi connectivity index (χ1v) is 8.00. The van der Waals surface area contributed by atoms with E-state index in [1.165, 1.54) is 5.57 Å². The second kappa shape index (κ2) is 5.27. The van der Waals surface area contributed by atoms with E-state index in [2.05, 4.69) is 18.0 Å². The van der Waals surface area contributed by atoms with Crippen LogP contribution in [-0.4, -0.2) is 50.8 Å². The Kier molecular flexibility index (Phi) is 3.34. The largest absolute Gasteiger partial charge is 0.493 e. The summed E-state index contributed by atoms with van der Waals surface area (Å²) in [5.74, 6) is 1.12. The molecule has 0 amide bonds. The van der Waals surface area contributed by atoms with Crippen LogP contribution in [0.2, 0.25) is 0 Å². The number of carbonyl (C=O) groups excluding carboxylic acids is 1. The minimum Gasteiger partial charge on any atom is -0.493 e. The molecule has 0 unspecified atom stereocenters. The fraction of sp³-hybridized carbons (Fsp3) is 0.500. The Hall–Kier alpha value is -2.01. The van der Waals surface area contributed by atoms with Crippen LogP contribution < -0.4 is 9.47 Å². The topological polar surface area (TPSA) is 48.0 Å². The van der Waals surface area contributed by atoms with Gasteiger partial charge < -0.3 is 14.2 Å². The molecule has 0 aromatic heterocycles. The van der Waals surface area contributed by atoms with Crippen LogP contribution >= 0.6 is 0 Å². The van der Waals surface area contributed by atoms with Gasteiger partial charge in [-0.2, -0.15) is 0 Å². The fourth-order valence-electron chi connectivity index (χ4n) is 4.26. The van der Waals surface area contributed by atoms with Gasteiger partial charge in [0.2, 0.25) is 0 Å². The molecule has 0 radical (unpaired) electrons. The Morgan fingerprint density at radius 2 is 1.96 bits per heavy atom. The molecule has 3 atom stereocenters. The maximum absolute atomic E-state index is 12.4. The van der Waals surface area contributed by atoms with E-state index in [0.717, 1.165) is 24.9 Å². The number of esters is 1. The molecule has 3 aliphatic rings. The Balaban J connectivity index is 1.88. The monoisotopic (exact) mass is 315 g/mol. The number of fused-ring (bicyclic) bond motifs is 5. The fourth-order valence-corrected chi connectivity index (χ4v) is 4.26. The third-order valence-electron chi connectivity index (χ3n) is 5.35. The van der Waals surface area contributed by atoms with Crippen LogP contribution in [0.5, 0.6) is 11.5 Å². The van der Waals surface area contributed by atoms with E-state index in [-0.39, 0.29) is 18.0 Å². The highest BCUT2D eigenvalue weighted by molar-refractivity contribution is 5.94. The molecule has 0 spiro atoms. The number of rotatable bonds is 2. The van der Waals surface area contributed by atoms with Gasteiger partial charge in [-0.25, -0.2) is 4.79 Å². The van der Waals surface area contributed by atoms with E-state index in [4.69, 9.17) is 14.2 Å². The van der Waals surface area contributed by atoms with Crippen molar-refractivity contribution in [3.63, 3.8) is 0 Å². The van der Waals surface area contributed by atoms with Crippen molar-refractivity contribution in [1.82, 2.24) is 4.90 Å². The standard InChI is InChI=1S/C18H21NO4/c1-19-7-6-10-4-5-13-16(17(10)19)11-8-14(21-2)15(22-3)9-12(11)18(20)23-13/h4,8-9,13,16-17H,5-7H2,1-3H3/t13-,16+,17+/m0/s1. The van der Waals surface area contributed by atoms with Gasteiger partial charge in [0, 0.05) is 24.9 Å². The summed E-state index contributed by atoms with van der Waals surface area (Å²) in [6, 6.07) is 4.01.